The van der Waals surface area contributed by atoms with E-state index in [9.17, 15) is 9.90 Å². The fourth-order valence-electron chi connectivity index (χ4n) is 8.63. The Labute approximate surface area is 297 Å². The maximum Gasteiger partial charge on any atom is 0.251 e. The summed E-state index contributed by atoms with van der Waals surface area (Å²) in [5.74, 6) is -1.74. The lowest BCUT2D eigenvalue weighted by Gasteiger charge is -2.43. The molecule has 2 aromatic rings. The van der Waals surface area contributed by atoms with Crippen molar-refractivity contribution >= 4 is 40.9 Å². The van der Waals surface area contributed by atoms with Crippen molar-refractivity contribution < 1.29 is 19.5 Å². The molecule has 3 unspecified atom stereocenters. The van der Waals surface area contributed by atoms with Crippen molar-refractivity contribution in [2.75, 3.05) is 42.6 Å². The number of aliphatic hydroxyl groups is 1. The molecule has 2 aromatic carbocycles. The molecule has 1 N–H and O–H groups in total. The fraction of sp³-hybridized carbons (Fsp3) is 0.525. The largest absolute Gasteiger partial charge is 0.394 e. The molecule has 49 heavy (non-hydrogen) atoms. The molecular weight excluding hydrogens is 633 g/mol. The number of carbonyl (C=O) groups is 3. The quantitative estimate of drug-likeness (QED) is 0.218. The topological polar surface area (TPSA) is 84.4 Å². The van der Waals surface area contributed by atoms with Crippen molar-refractivity contribution in [3.63, 3.8) is 0 Å². The number of hydrogen-bond acceptors (Lipinski definition) is 6. The maximum absolute atomic E-state index is 15.2. The smallest absolute Gasteiger partial charge is 0.251 e. The molecule has 264 valence electrons. The van der Waals surface area contributed by atoms with Gasteiger partial charge in [0.2, 0.25) is 11.8 Å². The van der Waals surface area contributed by atoms with Crippen LogP contribution < -0.4 is 9.80 Å². The van der Waals surface area contributed by atoms with E-state index in [1.54, 1.807) is 38.6 Å². The van der Waals surface area contributed by atoms with Crippen molar-refractivity contribution in [3.05, 3.63) is 85.5 Å². The molecule has 3 amide bonds. The molecule has 3 aliphatic rings. The highest BCUT2D eigenvalue weighted by Gasteiger charge is 2.77. The highest BCUT2D eigenvalue weighted by Crippen LogP contribution is 2.69. The van der Waals surface area contributed by atoms with Gasteiger partial charge >= 0.3 is 0 Å². The van der Waals surface area contributed by atoms with E-state index in [0.29, 0.717) is 13.1 Å². The Kier molecular flexibility index (Phi) is 11.6. The molecule has 3 saturated heterocycles. The van der Waals surface area contributed by atoms with E-state index in [0.717, 1.165) is 42.9 Å². The Bertz CT molecular complexity index is 1500. The second-order valence-corrected chi connectivity index (χ2v) is 15.4. The summed E-state index contributed by atoms with van der Waals surface area (Å²) in [7, 11) is 0. The van der Waals surface area contributed by atoms with Gasteiger partial charge in [-0.25, -0.2) is 0 Å². The second-order valence-electron chi connectivity index (χ2n) is 13.9. The lowest BCUT2D eigenvalue weighted by atomic mass is 9.65. The number of anilines is 2. The average molecular weight is 687 g/mol. The van der Waals surface area contributed by atoms with Crippen LogP contribution >= 0.6 is 11.8 Å². The van der Waals surface area contributed by atoms with Crippen molar-refractivity contribution in [1.29, 1.82) is 0 Å². The molecule has 3 aliphatic heterocycles. The summed E-state index contributed by atoms with van der Waals surface area (Å²) >= 11 is 1.67. The summed E-state index contributed by atoms with van der Waals surface area (Å²) in [4.78, 5) is 52.4. The third-order valence-electron chi connectivity index (χ3n) is 11.3. The van der Waals surface area contributed by atoms with Gasteiger partial charge in [-0.2, -0.15) is 0 Å². The first-order valence-corrected chi connectivity index (χ1v) is 18.8. The summed E-state index contributed by atoms with van der Waals surface area (Å²) in [5, 5.41) is 10.8. The van der Waals surface area contributed by atoms with Gasteiger partial charge in [-0.15, -0.1) is 24.9 Å². The van der Waals surface area contributed by atoms with Gasteiger partial charge in [-0.05, 0) is 61.9 Å². The van der Waals surface area contributed by atoms with Gasteiger partial charge in [0.15, 0.2) is 0 Å². The maximum atomic E-state index is 15.2. The van der Waals surface area contributed by atoms with Crippen LogP contribution in [0.3, 0.4) is 0 Å². The summed E-state index contributed by atoms with van der Waals surface area (Å²) in [6.45, 7) is 20.9. The summed E-state index contributed by atoms with van der Waals surface area (Å²) in [6.07, 6.45) is 4.92. The van der Waals surface area contributed by atoms with E-state index in [4.69, 9.17) is 0 Å². The number of amides is 3. The van der Waals surface area contributed by atoms with Crippen LogP contribution in [-0.2, 0) is 20.9 Å². The van der Waals surface area contributed by atoms with Gasteiger partial charge in [0.25, 0.3) is 5.91 Å². The first-order valence-electron chi connectivity index (χ1n) is 17.9. The molecule has 0 aliphatic carbocycles. The fourth-order valence-corrected chi connectivity index (χ4v) is 11.0. The molecule has 0 aromatic heterocycles. The minimum absolute atomic E-state index is 0.00771. The van der Waals surface area contributed by atoms with E-state index in [1.807, 2.05) is 68.4 Å². The zero-order valence-electron chi connectivity index (χ0n) is 29.8. The van der Waals surface area contributed by atoms with Crippen LogP contribution in [0.25, 0.3) is 0 Å². The Hall–Kier alpha value is -3.56. The molecule has 1 spiro atoms. The zero-order chi connectivity index (χ0) is 35.5. The summed E-state index contributed by atoms with van der Waals surface area (Å²) in [5.41, 5.74) is 2.82. The van der Waals surface area contributed by atoms with Crippen LogP contribution in [0, 0.1) is 23.7 Å². The molecule has 8 nitrogen and oxygen atoms in total. The van der Waals surface area contributed by atoms with Crippen molar-refractivity contribution in [2.24, 2.45) is 23.7 Å². The normalized spacial score (nSPS) is 26.6. The molecule has 3 heterocycles. The highest BCUT2D eigenvalue weighted by atomic mass is 32.2. The highest BCUT2D eigenvalue weighted by molar-refractivity contribution is 8.02. The van der Waals surface area contributed by atoms with Crippen LogP contribution in [0.4, 0.5) is 11.4 Å². The van der Waals surface area contributed by atoms with E-state index in [2.05, 4.69) is 38.8 Å². The van der Waals surface area contributed by atoms with Crippen molar-refractivity contribution in [3.8, 4) is 0 Å². The second kappa shape index (κ2) is 15.5. The van der Waals surface area contributed by atoms with E-state index in [1.165, 1.54) is 0 Å². The van der Waals surface area contributed by atoms with Gasteiger partial charge < -0.3 is 24.7 Å². The van der Waals surface area contributed by atoms with Gasteiger partial charge in [0.1, 0.15) is 6.04 Å². The summed E-state index contributed by atoms with van der Waals surface area (Å²) in [6, 6.07) is 16.5. The summed E-state index contributed by atoms with van der Waals surface area (Å²) < 4.78 is -0.812. The van der Waals surface area contributed by atoms with E-state index < -0.39 is 28.7 Å². The van der Waals surface area contributed by atoms with Crippen LogP contribution in [0.5, 0.6) is 0 Å². The van der Waals surface area contributed by atoms with Gasteiger partial charge in [-0.3, -0.25) is 14.4 Å². The van der Waals surface area contributed by atoms with Crippen LogP contribution in [0.2, 0.25) is 0 Å². The number of benzene rings is 2. The Morgan fingerprint density at radius 3 is 2.20 bits per heavy atom. The van der Waals surface area contributed by atoms with Crippen LogP contribution in [-0.4, -0.2) is 87.5 Å². The zero-order valence-corrected chi connectivity index (χ0v) is 30.6. The molecule has 5 rings (SSSR count). The van der Waals surface area contributed by atoms with Gasteiger partial charge in [-0.1, -0.05) is 69.7 Å². The Morgan fingerprint density at radius 2 is 1.63 bits per heavy atom. The molecule has 0 saturated carbocycles. The number of carbonyl (C=O) groups excluding carboxylic acids is 3. The number of rotatable bonds is 16. The number of aliphatic hydroxyl groups excluding tert-OH is 1. The number of nitrogens with zero attached hydrogens (tertiary/aromatic N) is 4. The molecular formula is C40H54N4O4S. The molecule has 9 heteroatoms. The minimum atomic E-state index is -0.844. The molecule has 3 fully saturated rings. The van der Waals surface area contributed by atoms with E-state index in [-0.39, 0.29) is 48.0 Å². The number of likely N-dealkylation sites (tertiary alicyclic amines) is 1. The van der Waals surface area contributed by atoms with Gasteiger partial charge in [0, 0.05) is 49.3 Å². The first kappa shape index (κ1) is 36.7. The van der Waals surface area contributed by atoms with Crippen molar-refractivity contribution in [1.82, 2.24) is 9.80 Å². The third kappa shape index (κ3) is 6.45. The lowest BCUT2D eigenvalue weighted by molar-refractivity contribution is -0.146. The SMILES string of the molecule is C=CCN(Cc1ccccc1)C(=O)[C@@H]1[C@H]2C(=O)N([C@@H](CO)[C@@H](C)CC)C(C(=O)N(CC=C)c3ccc(N(CC)CC)cc3)C23S[C@@H]1CC3C. The number of fused-ring (bicyclic) bond motifs is 1. The predicted octanol–water partition coefficient (Wildman–Crippen LogP) is 6.01. The average Bonchev–Trinajstić information content (AvgIpc) is 3.71. The molecule has 8 atom stereocenters. The predicted molar refractivity (Wildman–Crippen MR) is 200 cm³/mol. The van der Waals surface area contributed by atoms with Crippen LogP contribution in [0.1, 0.15) is 53.0 Å². The first-order chi connectivity index (χ1) is 23.6. The van der Waals surface area contributed by atoms with Gasteiger partial charge in [0.05, 0.1) is 29.2 Å². The molecule has 2 bridgehead atoms. The number of hydrogen-bond donors (Lipinski definition) is 1. The third-order valence-corrected chi connectivity index (χ3v) is 13.4. The number of thioether (sulfide) groups is 1. The lowest BCUT2D eigenvalue weighted by Crippen LogP contribution is -2.60. The van der Waals surface area contributed by atoms with E-state index >= 15 is 9.59 Å². The Morgan fingerprint density at radius 1 is 1.00 bits per heavy atom. The van der Waals surface area contributed by atoms with Crippen LogP contribution in [0.15, 0.2) is 79.9 Å². The molecule has 0 radical (unpaired) electrons. The minimum Gasteiger partial charge on any atom is -0.394 e. The Balaban J connectivity index is 1.59. The monoisotopic (exact) mass is 686 g/mol. The standard InChI is InChI=1S/C40H54N4O4S/c1-8-22-42(25-29-16-14-13-15-17-29)37(46)34-33-24-28(7)40(49-33)35(34)38(47)44(32(26-45)27(6)10-3)36(40)39(48)43(23-9-2)31-20-18-30(19-21-31)41(11-4)12-5/h8-9,13-21,27-28,32-36,45H,1-2,10-12,22-26H2,3-7H3/t27-,28?,32-,33+,34-,35-,36?,40?/m0/s1. The van der Waals surface area contributed by atoms with Crippen molar-refractivity contribution in [2.45, 2.75) is 76.1 Å².